The fraction of sp³-hybridized carbons (Fsp3) is 0.0370. The molecule has 1 aliphatic heterocycles. The zero-order valence-electron chi connectivity index (χ0n) is 17.3. The quantitative estimate of drug-likeness (QED) is 0.366. The number of hydrazine groups is 1. The zero-order valence-corrected chi connectivity index (χ0v) is 18.2. The number of carbonyl (C=O) groups is 1. The van der Waals surface area contributed by atoms with Crippen molar-refractivity contribution in [1.29, 1.82) is 0 Å². The molecule has 4 aromatic rings. The molecule has 32 heavy (non-hydrogen) atoms. The summed E-state index contributed by atoms with van der Waals surface area (Å²) in [6.45, 7) is 0.410. The minimum atomic E-state index is -0.133. The lowest BCUT2D eigenvalue weighted by molar-refractivity contribution is 0.0938. The fourth-order valence-corrected chi connectivity index (χ4v) is 4.24. The summed E-state index contributed by atoms with van der Waals surface area (Å²) in [4.78, 5) is 16.5. The van der Waals surface area contributed by atoms with Crippen molar-refractivity contribution < 1.29 is 4.79 Å². The molecule has 0 saturated heterocycles. The highest BCUT2D eigenvalue weighted by atomic mass is 32.1. The van der Waals surface area contributed by atoms with E-state index in [1.807, 2.05) is 102 Å². The summed E-state index contributed by atoms with van der Waals surface area (Å²) in [5, 5.41) is 3.57. The van der Waals surface area contributed by atoms with E-state index in [0.717, 1.165) is 22.6 Å². The van der Waals surface area contributed by atoms with Gasteiger partial charge in [-0.1, -0.05) is 78.9 Å². The highest BCUT2D eigenvalue weighted by Gasteiger charge is 2.34. The molecule has 0 N–H and O–H groups in total. The van der Waals surface area contributed by atoms with Crippen molar-refractivity contribution in [2.24, 2.45) is 0 Å². The van der Waals surface area contributed by atoms with Crippen LogP contribution in [0.4, 0.5) is 17.1 Å². The minimum absolute atomic E-state index is 0.133. The molecule has 0 fully saturated rings. The Balaban J connectivity index is 1.64. The maximum absolute atomic E-state index is 13.8. The number of amides is 1. The van der Waals surface area contributed by atoms with Gasteiger partial charge in [-0.2, -0.15) is 0 Å². The predicted molar refractivity (Wildman–Crippen MR) is 133 cm³/mol. The Morgan fingerprint density at radius 2 is 1.28 bits per heavy atom. The summed E-state index contributed by atoms with van der Waals surface area (Å²) in [6.07, 6.45) is 0. The Labute approximate surface area is 192 Å². The smallest absolute Gasteiger partial charge is 0.277 e. The van der Waals surface area contributed by atoms with E-state index in [-0.39, 0.29) is 5.91 Å². The largest absolute Gasteiger partial charge is 0.321 e. The number of hydrogen-bond donors (Lipinski definition) is 0. The Morgan fingerprint density at radius 3 is 1.97 bits per heavy atom. The third kappa shape index (κ3) is 3.63. The van der Waals surface area contributed by atoms with Crippen LogP contribution in [0.1, 0.15) is 15.9 Å². The summed E-state index contributed by atoms with van der Waals surface area (Å²) < 4.78 is 0. The second-order valence-electron chi connectivity index (χ2n) is 7.45. The van der Waals surface area contributed by atoms with E-state index in [4.69, 9.17) is 12.2 Å². The molecule has 4 nitrogen and oxygen atoms in total. The monoisotopic (exact) mass is 435 g/mol. The summed E-state index contributed by atoms with van der Waals surface area (Å²) in [7, 11) is 0. The molecule has 0 saturated carbocycles. The van der Waals surface area contributed by atoms with Crippen LogP contribution in [0.2, 0.25) is 0 Å². The van der Waals surface area contributed by atoms with Gasteiger partial charge in [0.2, 0.25) is 0 Å². The van der Waals surface area contributed by atoms with Crippen LogP contribution in [-0.2, 0) is 0 Å². The van der Waals surface area contributed by atoms with E-state index in [2.05, 4.69) is 23.1 Å². The standard InChI is InChI=1S/C27H21N3OS/c31-26(21-12-4-1-5-13-21)30(23-16-8-3-9-17-23)29-20-28(22-14-6-2-7-15-22)25-19-11-10-18-24(25)27(29)32/h1-19H,20H2. The average molecular weight is 436 g/mol. The highest BCUT2D eigenvalue weighted by Crippen LogP contribution is 2.35. The van der Waals surface area contributed by atoms with Gasteiger partial charge in [-0.3, -0.25) is 4.79 Å². The van der Waals surface area contributed by atoms with Crippen LogP contribution in [0.3, 0.4) is 0 Å². The Hall–Kier alpha value is -3.96. The maximum atomic E-state index is 13.8. The number of hydrogen-bond acceptors (Lipinski definition) is 3. The van der Waals surface area contributed by atoms with Crippen molar-refractivity contribution in [3.63, 3.8) is 0 Å². The molecule has 5 rings (SSSR count). The van der Waals surface area contributed by atoms with Gasteiger partial charge in [0.1, 0.15) is 11.7 Å². The van der Waals surface area contributed by atoms with Crippen molar-refractivity contribution in [2.75, 3.05) is 16.6 Å². The van der Waals surface area contributed by atoms with Crippen LogP contribution in [-0.4, -0.2) is 22.6 Å². The molecule has 0 aliphatic carbocycles. The van der Waals surface area contributed by atoms with Gasteiger partial charge in [0.25, 0.3) is 5.91 Å². The zero-order chi connectivity index (χ0) is 21.9. The first-order chi connectivity index (χ1) is 15.7. The van der Waals surface area contributed by atoms with Gasteiger partial charge in [0.15, 0.2) is 0 Å². The van der Waals surface area contributed by atoms with Crippen LogP contribution in [0, 0.1) is 0 Å². The summed E-state index contributed by atoms with van der Waals surface area (Å²) in [6, 6.07) is 37.2. The lowest BCUT2D eigenvalue weighted by Crippen LogP contribution is -2.56. The number of para-hydroxylation sites is 3. The van der Waals surface area contributed by atoms with Gasteiger partial charge < -0.3 is 4.90 Å². The molecule has 1 amide bonds. The minimum Gasteiger partial charge on any atom is -0.321 e. The molecule has 5 heteroatoms. The fourth-order valence-electron chi connectivity index (χ4n) is 3.92. The number of rotatable bonds is 4. The Kier molecular flexibility index (Phi) is 5.40. The Morgan fingerprint density at radius 1 is 0.719 bits per heavy atom. The molecule has 0 bridgehead atoms. The van der Waals surface area contributed by atoms with Crippen molar-refractivity contribution in [3.8, 4) is 0 Å². The number of thiocarbonyl (C=S) groups is 1. The molecule has 156 valence electrons. The Bertz CT molecular complexity index is 1250. The predicted octanol–water partition coefficient (Wildman–Crippen LogP) is 6.04. The van der Waals surface area contributed by atoms with Gasteiger partial charge in [0, 0.05) is 16.8 Å². The summed E-state index contributed by atoms with van der Waals surface area (Å²) >= 11 is 5.94. The van der Waals surface area contributed by atoms with Crippen molar-refractivity contribution in [1.82, 2.24) is 5.01 Å². The number of anilines is 3. The van der Waals surface area contributed by atoms with E-state index in [1.54, 1.807) is 5.01 Å². The molecule has 0 aromatic heterocycles. The van der Waals surface area contributed by atoms with Crippen LogP contribution in [0.15, 0.2) is 115 Å². The molecule has 1 heterocycles. The molecule has 0 atom stereocenters. The molecule has 0 spiro atoms. The lowest BCUT2D eigenvalue weighted by atomic mass is 10.1. The third-order valence-electron chi connectivity index (χ3n) is 5.46. The first kappa shape index (κ1) is 20.0. The molecule has 0 radical (unpaired) electrons. The van der Waals surface area contributed by atoms with Crippen LogP contribution in [0.5, 0.6) is 0 Å². The second kappa shape index (κ2) is 8.65. The van der Waals surface area contributed by atoms with Crippen LogP contribution in [0.25, 0.3) is 0 Å². The molecule has 1 aliphatic rings. The number of carbonyl (C=O) groups excluding carboxylic acids is 1. The van der Waals surface area contributed by atoms with E-state index < -0.39 is 0 Å². The lowest BCUT2D eigenvalue weighted by Gasteiger charge is -2.44. The summed E-state index contributed by atoms with van der Waals surface area (Å²) in [5.74, 6) is -0.133. The van der Waals surface area contributed by atoms with Crippen LogP contribution >= 0.6 is 12.2 Å². The number of nitrogens with zero attached hydrogens (tertiary/aromatic N) is 3. The average Bonchev–Trinajstić information content (AvgIpc) is 2.87. The van der Waals surface area contributed by atoms with E-state index in [0.29, 0.717) is 17.2 Å². The highest BCUT2D eigenvalue weighted by molar-refractivity contribution is 7.80. The molecule has 4 aromatic carbocycles. The van der Waals surface area contributed by atoms with Crippen molar-refractivity contribution in [3.05, 3.63) is 126 Å². The van der Waals surface area contributed by atoms with E-state index in [9.17, 15) is 4.79 Å². The normalized spacial score (nSPS) is 12.9. The first-order valence-corrected chi connectivity index (χ1v) is 10.8. The SMILES string of the molecule is O=C(c1ccccc1)N(c1ccccc1)N1CN(c2ccccc2)c2ccccc2C1=S. The van der Waals surface area contributed by atoms with E-state index in [1.165, 1.54) is 0 Å². The van der Waals surface area contributed by atoms with Gasteiger partial charge in [0.05, 0.1) is 11.4 Å². The van der Waals surface area contributed by atoms with Crippen molar-refractivity contribution in [2.45, 2.75) is 0 Å². The maximum Gasteiger partial charge on any atom is 0.277 e. The van der Waals surface area contributed by atoms with Gasteiger partial charge in [-0.05, 0) is 48.5 Å². The van der Waals surface area contributed by atoms with Gasteiger partial charge >= 0.3 is 0 Å². The first-order valence-electron chi connectivity index (χ1n) is 10.4. The van der Waals surface area contributed by atoms with Gasteiger partial charge in [-0.15, -0.1) is 0 Å². The number of benzene rings is 4. The summed E-state index contributed by atoms with van der Waals surface area (Å²) in [5.41, 5.74) is 4.34. The van der Waals surface area contributed by atoms with Crippen molar-refractivity contribution >= 4 is 40.2 Å². The topological polar surface area (TPSA) is 26.8 Å². The van der Waals surface area contributed by atoms with Gasteiger partial charge in [-0.25, -0.2) is 10.0 Å². The molecule has 0 unspecified atom stereocenters. The molecular weight excluding hydrogens is 414 g/mol. The second-order valence-corrected chi connectivity index (χ2v) is 7.83. The van der Waals surface area contributed by atoms with Crippen LogP contribution < -0.4 is 9.91 Å². The van der Waals surface area contributed by atoms with E-state index >= 15 is 0 Å². The third-order valence-corrected chi connectivity index (χ3v) is 5.89. The number of fused-ring (bicyclic) bond motifs is 1. The molecular formula is C27H21N3OS.